The SMILES string of the molecule is O=S(=O)(NC1CCN(CC(O)c2ccc3c(c2)OCO3)CC1)c1ccc(F)cc1. The monoisotopic (exact) mass is 422 g/mol. The largest absolute Gasteiger partial charge is 0.454 e. The first kappa shape index (κ1) is 20.1. The lowest BCUT2D eigenvalue weighted by Gasteiger charge is -2.33. The van der Waals surface area contributed by atoms with Gasteiger partial charge in [-0.3, -0.25) is 0 Å². The van der Waals surface area contributed by atoms with Crippen LogP contribution in [0.2, 0.25) is 0 Å². The highest BCUT2D eigenvalue weighted by molar-refractivity contribution is 7.89. The number of halogens is 1. The van der Waals surface area contributed by atoms with Crippen molar-refractivity contribution < 1.29 is 27.4 Å². The van der Waals surface area contributed by atoms with Gasteiger partial charge in [0, 0.05) is 12.6 Å². The van der Waals surface area contributed by atoms with Gasteiger partial charge < -0.3 is 19.5 Å². The third-order valence-corrected chi connectivity index (χ3v) is 6.78. The molecule has 0 radical (unpaired) electrons. The smallest absolute Gasteiger partial charge is 0.240 e. The summed E-state index contributed by atoms with van der Waals surface area (Å²) < 4.78 is 51.2. The predicted octanol–water partition coefficient (Wildman–Crippen LogP) is 2.03. The van der Waals surface area contributed by atoms with Crippen LogP contribution in [0, 0.1) is 5.82 Å². The number of piperidine rings is 1. The van der Waals surface area contributed by atoms with Crippen LogP contribution in [0.4, 0.5) is 4.39 Å². The zero-order chi connectivity index (χ0) is 20.4. The Hall–Kier alpha value is -2.20. The molecule has 2 N–H and O–H groups in total. The Morgan fingerprint density at radius 2 is 1.79 bits per heavy atom. The summed E-state index contributed by atoms with van der Waals surface area (Å²) in [6, 6.07) is 9.99. The summed E-state index contributed by atoms with van der Waals surface area (Å²) in [5.41, 5.74) is 0.758. The minimum absolute atomic E-state index is 0.0551. The number of likely N-dealkylation sites (tertiary alicyclic amines) is 1. The summed E-state index contributed by atoms with van der Waals surface area (Å²) in [6.45, 7) is 1.98. The second-order valence-electron chi connectivity index (χ2n) is 7.28. The summed E-state index contributed by atoms with van der Waals surface area (Å²) >= 11 is 0. The third kappa shape index (κ3) is 4.69. The van der Waals surface area contributed by atoms with Gasteiger partial charge in [-0.2, -0.15) is 0 Å². The number of sulfonamides is 1. The van der Waals surface area contributed by atoms with Crippen LogP contribution in [0.25, 0.3) is 0 Å². The van der Waals surface area contributed by atoms with Crippen molar-refractivity contribution in [3.8, 4) is 11.5 Å². The molecular formula is C20H23FN2O5S. The second kappa shape index (κ2) is 8.27. The van der Waals surface area contributed by atoms with Crippen molar-refractivity contribution in [2.24, 2.45) is 0 Å². The molecule has 2 aromatic rings. The minimum Gasteiger partial charge on any atom is -0.454 e. The van der Waals surface area contributed by atoms with Gasteiger partial charge in [-0.1, -0.05) is 6.07 Å². The van der Waals surface area contributed by atoms with E-state index in [-0.39, 0.29) is 17.7 Å². The van der Waals surface area contributed by atoms with E-state index in [1.165, 1.54) is 12.1 Å². The van der Waals surface area contributed by atoms with E-state index in [0.29, 0.717) is 44.0 Å². The molecule has 0 bridgehead atoms. The number of hydrogen-bond donors (Lipinski definition) is 2. The Bertz CT molecular complexity index is 959. The van der Waals surface area contributed by atoms with Crippen LogP contribution in [0.15, 0.2) is 47.4 Å². The van der Waals surface area contributed by atoms with Gasteiger partial charge in [0.2, 0.25) is 16.8 Å². The molecule has 29 heavy (non-hydrogen) atoms. The Morgan fingerprint density at radius 3 is 2.52 bits per heavy atom. The number of fused-ring (bicyclic) bond motifs is 1. The van der Waals surface area contributed by atoms with Crippen LogP contribution in [0.1, 0.15) is 24.5 Å². The van der Waals surface area contributed by atoms with Crippen molar-refractivity contribution in [3.63, 3.8) is 0 Å². The molecule has 1 fully saturated rings. The molecule has 0 spiro atoms. The first-order chi connectivity index (χ1) is 13.9. The third-order valence-electron chi connectivity index (χ3n) is 5.25. The van der Waals surface area contributed by atoms with E-state index in [1.807, 2.05) is 6.07 Å². The normalized spacial score (nSPS) is 18.7. The number of ether oxygens (including phenoxy) is 2. The summed E-state index contributed by atoms with van der Waals surface area (Å²) in [5, 5.41) is 10.5. The van der Waals surface area contributed by atoms with Gasteiger partial charge in [0.05, 0.1) is 11.0 Å². The van der Waals surface area contributed by atoms with E-state index < -0.39 is 21.9 Å². The maximum Gasteiger partial charge on any atom is 0.240 e. The molecule has 0 saturated carbocycles. The first-order valence-corrected chi connectivity index (χ1v) is 11.0. The minimum atomic E-state index is -3.68. The van der Waals surface area contributed by atoms with Gasteiger partial charge in [-0.05, 0) is 67.9 Å². The number of aliphatic hydroxyl groups excluding tert-OH is 1. The van der Waals surface area contributed by atoms with Gasteiger partial charge in [-0.15, -0.1) is 0 Å². The number of β-amino-alcohol motifs (C(OH)–C–C–N with tert-alkyl or cyclic N) is 1. The molecule has 1 atom stereocenters. The van der Waals surface area contributed by atoms with Crippen molar-refractivity contribution >= 4 is 10.0 Å². The summed E-state index contributed by atoms with van der Waals surface area (Å²) in [7, 11) is -3.68. The number of rotatable bonds is 6. The molecule has 2 aliphatic rings. The van der Waals surface area contributed by atoms with Gasteiger partial charge in [0.15, 0.2) is 11.5 Å². The van der Waals surface area contributed by atoms with Crippen molar-refractivity contribution in [2.75, 3.05) is 26.4 Å². The van der Waals surface area contributed by atoms with Crippen LogP contribution >= 0.6 is 0 Å². The lowest BCUT2D eigenvalue weighted by molar-refractivity contribution is 0.0961. The summed E-state index contributed by atoms with van der Waals surface area (Å²) in [5.74, 6) is 0.837. The van der Waals surface area contributed by atoms with Crippen molar-refractivity contribution in [1.82, 2.24) is 9.62 Å². The fourth-order valence-electron chi connectivity index (χ4n) is 3.60. The van der Waals surface area contributed by atoms with E-state index in [4.69, 9.17) is 9.47 Å². The Balaban J connectivity index is 1.29. The zero-order valence-electron chi connectivity index (χ0n) is 15.8. The quantitative estimate of drug-likeness (QED) is 0.741. The van der Waals surface area contributed by atoms with Crippen LogP contribution in [-0.4, -0.2) is 50.9 Å². The van der Waals surface area contributed by atoms with Crippen molar-refractivity contribution in [1.29, 1.82) is 0 Å². The number of benzene rings is 2. The average Bonchev–Trinajstić information content (AvgIpc) is 3.17. The average molecular weight is 422 g/mol. The van der Waals surface area contributed by atoms with Gasteiger partial charge in [0.25, 0.3) is 0 Å². The highest BCUT2D eigenvalue weighted by Crippen LogP contribution is 2.34. The molecule has 0 amide bonds. The Morgan fingerprint density at radius 1 is 1.10 bits per heavy atom. The molecule has 156 valence electrons. The standard InChI is InChI=1S/C20H23FN2O5S/c21-15-2-4-17(5-3-15)29(25,26)22-16-7-9-23(10-8-16)12-18(24)14-1-6-19-20(11-14)28-13-27-19/h1-6,11,16,18,22,24H,7-10,12-13H2. The maximum absolute atomic E-state index is 13.0. The van der Waals surface area contributed by atoms with E-state index in [0.717, 1.165) is 17.7 Å². The Kier molecular flexibility index (Phi) is 5.73. The van der Waals surface area contributed by atoms with E-state index in [1.54, 1.807) is 12.1 Å². The van der Waals surface area contributed by atoms with Crippen LogP contribution in [-0.2, 0) is 10.0 Å². The molecule has 2 heterocycles. The highest BCUT2D eigenvalue weighted by atomic mass is 32.2. The number of aliphatic hydroxyl groups is 1. The van der Waals surface area contributed by atoms with E-state index in [9.17, 15) is 17.9 Å². The summed E-state index contributed by atoms with van der Waals surface area (Å²) in [6.07, 6.45) is 0.597. The summed E-state index contributed by atoms with van der Waals surface area (Å²) in [4.78, 5) is 2.16. The second-order valence-corrected chi connectivity index (χ2v) is 8.99. The Labute approximate surface area is 169 Å². The van der Waals surface area contributed by atoms with E-state index >= 15 is 0 Å². The molecule has 2 aromatic carbocycles. The van der Waals surface area contributed by atoms with Gasteiger partial charge >= 0.3 is 0 Å². The lowest BCUT2D eigenvalue weighted by atomic mass is 10.0. The van der Waals surface area contributed by atoms with Crippen molar-refractivity contribution in [3.05, 3.63) is 53.8 Å². The van der Waals surface area contributed by atoms with Crippen molar-refractivity contribution in [2.45, 2.75) is 29.9 Å². The fraction of sp³-hybridized carbons (Fsp3) is 0.400. The molecular weight excluding hydrogens is 399 g/mol. The molecule has 1 unspecified atom stereocenters. The van der Waals surface area contributed by atoms with Gasteiger partial charge in [-0.25, -0.2) is 17.5 Å². The molecule has 2 aliphatic heterocycles. The highest BCUT2D eigenvalue weighted by Gasteiger charge is 2.26. The first-order valence-electron chi connectivity index (χ1n) is 9.48. The van der Waals surface area contributed by atoms with Crippen LogP contribution in [0.3, 0.4) is 0 Å². The molecule has 9 heteroatoms. The van der Waals surface area contributed by atoms with E-state index in [2.05, 4.69) is 9.62 Å². The van der Waals surface area contributed by atoms with Gasteiger partial charge in [0.1, 0.15) is 5.82 Å². The molecule has 0 aliphatic carbocycles. The molecule has 4 rings (SSSR count). The molecule has 1 saturated heterocycles. The molecule has 0 aromatic heterocycles. The van der Waals surface area contributed by atoms with Crippen LogP contribution < -0.4 is 14.2 Å². The lowest BCUT2D eigenvalue weighted by Crippen LogP contribution is -2.45. The molecule has 7 nitrogen and oxygen atoms in total. The number of nitrogens with zero attached hydrogens (tertiary/aromatic N) is 1. The zero-order valence-corrected chi connectivity index (χ0v) is 16.6. The van der Waals surface area contributed by atoms with Crippen LogP contribution in [0.5, 0.6) is 11.5 Å². The topological polar surface area (TPSA) is 88.1 Å². The predicted molar refractivity (Wildman–Crippen MR) is 104 cm³/mol. The number of nitrogens with one attached hydrogen (secondary N) is 1. The number of hydrogen-bond acceptors (Lipinski definition) is 6. The fourth-order valence-corrected chi connectivity index (χ4v) is 4.91. The maximum atomic E-state index is 13.0.